The zero-order chi connectivity index (χ0) is 48.3. The molecule has 12 aromatic rings. The number of para-hydroxylation sites is 1. The summed E-state index contributed by atoms with van der Waals surface area (Å²) in [6.07, 6.45) is 0. The zero-order valence-electron chi connectivity index (χ0n) is 40.2. The predicted molar refractivity (Wildman–Crippen MR) is 304 cm³/mol. The summed E-state index contributed by atoms with van der Waals surface area (Å²) >= 11 is 0. The molecule has 14 rings (SSSR count). The second kappa shape index (κ2) is 17.2. The minimum absolute atomic E-state index is 0.497. The van der Waals surface area contributed by atoms with Crippen molar-refractivity contribution in [3.63, 3.8) is 0 Å². The molecule has 0 bridgehead atoms. The molecule has 0 N–H and O–H groups in total. The maximum absolute atomic E-state index is 2.48. The molecule has 342 valence electrons. The molecule has 0 heterocycles. The molecule has 73 heavy (non-hydrogen) atoms. The van der Waals surface area contributed by atoms with Gasteiger partial charge in [0, 0.05) is 17.1 Å². The lowest BCUT2D eigenvalue weighted by molar-refractivity contribution is 0.768. The third kappa shape index (κ3) is 6.56. The molecule has 2 aliphatic carbocycles. The number of nitrogens with zero attached hydrogens (tertiary/aromatic N) is 1. The number of hydrogen-bond acceptors (Lipinski definition) is 1. The van der Waals surface area contributed by atoms with E-state index in [4.69, 9.17) is 0 Å². The van der Waals surface area contributed by atoms with Gasteiger partial charge >= 0.3 is 0 Å². The summed E-state index contributed by atoms with van der Waals surface area (Å²) in [5.41, 5.74) is 22.5. The first kappa shape index (κ1) is 42.6. The highest BCUT2D eigenvalue weighted by Gasteiger charge is 2.48. The van der Waals surface area contributed by atoms with Gasteiger partial charge in [-0.15, -0.1) is 0 Å². The van der Waals surface area contributed by atoms with Gasteiger partial charge in [0.1, 0.15) is 0 Å². The van der Waals surface area contributed by atoms with Crippen molar-refractivity contribution in [1.29, 1.82) is 0 Å². The highest BCUT2D eigenvalue weighted by atomic mass is 15.1. The first-order valence-electron chi connectivity index (χ1n) is 25.4. The van der Waals surface area contributed by atoms with E-state index in [0.717, 1.165) is 22.6 Å². The fraction of sp³-hybridized carbons (Fsp3) is 0.0278. The van der Waals surface area contributed by atoms with Crippen molar-refractivity contribution in [2.75, 3.05) is 4.90 Å². The van der Waals surface area contributed by atoms with Crippen LogP contribution in [0.15, 0.2) is 297 Å². The Balaban J connectivity index is 0.876. The highest BCUT2D eigenvalue weighted by Crippen LogP contribution is 2.60. The summed E-state index contributed by atoms with van der Waals surface area (Å²) in [5.74, 6) is 0. The average Bonchev–Trinajstić information content (AvgIpc) is 3.96. The van der Waals surface area contributed by atoms with E-state index in [-0.39, 0.29) is 0 Å². The number of benzene rings is 12. The molecule has 0 amide bonds. The second-order valence-electron chi connectivity index (χ2n) is 19.5. The van der Waals surface area contributed by atoms with Crippen molar-refractivity contribution in [3.8, 4) is 44.5 Å². The Kier molecular flexibility index (Phi) is 10.0. The van der Waals surface area contributed by atoms with Gasteiger partial charge in [-0.1, -0.05) is 249 Å². The average molecular weight is 928 g/mol. The topological polar surface area (TPSA) is 3.24 Å². The van der Waals surface area contributed by atoms with Crippen LogP contribution in [-0.2, 0) is 10.8 Å². The molecule has 12 aromatic carbocycles. The Morgan fingerprint density at radius 2 is 0.685 bits per heavy atom. The van der Waals surface area contributed by atoms with Crippen molar-refractivity contribution < 1.29 is 0 Å². The summed E-state index contributed by atoms with van der Waals surface area (Å²) in [6.45, 7) is 0. The zero-order valence-corrected chi connectivity index (χ0v) is 40.2. The molecule has 0 fully saturated rings. The van der Waals surface area contributed by atoms with Crippen LogP contribution in [0.3, 0.4) is 0 Å². The van der Waals surface area contributed by atoms with Crippen LogP contribution in [0.25, 0.3) is 55.3 Å². The minimum atomic E-state index is -0.501. The van der Waals surface area contributed by atoms with Gasteiger partial charge in [-0.25, -0.2) is 0 Å². The Hall–Kier alpha value is -9.30. The molecule has 0 saturated carbocycles. The van der Waals surface area contributed by atoms with Crippen LogP contribution in [0.2, 0.25) is 0 Å². The Bertz CT molecular complexity index is 3910. The molecule has 0 saturated heterocycles. The van der Waals surface area contributed by atoms with E-state index >= 15 is 0 Å². The van der Waals surface area contributed by atoms with E-state index in [9.17, 15) is 0 Å². The fourth-order valence-electron chi connectivity index (χ4n) is 12.7. The highest BCUT2D eigenvalue weighted by molar-refractivity contribution is 6.04. The largest absolute Gasteiger partial charge is 0.310 e. The quantitative estimate of drug-likeness (QED) is 0.139. The molecular weight excluding hydrogens is 879 g/mol. The smallest absolute Gasteiger partial charge is 0.0714 e. The lowest BCUT2D eigenvalue weighted by Gasteiger charge is -2.35. The summed E-state index contributed by atoms with van der Waals surface area (Å²) in [6, 6.07) is 110. The normalized spacial score (nSPS) is 13.4. The molecule has 0 radical (unpaired) electrons. The van der Waals surface area contributed by atoms with Crippen molar-refractivity contribution in [2.24, 2.45) is 0 Å². The number of anilines is 3. The van der Waals surface area contributed by atoms with Crippen LogP contribution in [-0.4, -0.2) is 0 Å². The standard InChI is InChI=1S/C72H49N/c1-6-24-55(25-7-1)71(56-26-8-2-9-27-56)66-36-19-18-35-63(66)64-45-43-61(49-69(64)71)73(59-32-14-5-15-33-59)60-41-37-50(38-42-60)52-22-20-23-53(47-52)54-39-44-65-68(48-54)72(57-28-10-3-11-29-57,58-30-12-4-13-31-58)67-46-40-51-21-16-17-34-62(51)70(65)67/h1-49H. The van der Waals surface area contributed by atoms with E-state index in [1.807, 2.05) is 0 Å². The first-order chi connectivity index (χ1) is 36.2. The lowest BCUT2D eigenvalue weighted by atomic mass is 9.67. The van der Waals surface area contributed by atoms with Crippen LogP contribution in [0.4, 0.5) is 17.1 Å². The molecule has 1 nitrogen and oxygen atoms in total. The SMILES string of the molecule is c1ccc(N(c2ccc(-c3cccc(-c4ccc5c(c4)C(c4ccccc4)(c4ccccc4)c4ccc6ccccc6c4-5)c3)cc2)c2ccc3c(c2)C(c2ccccc2)(c2ccccc2)c2ccccc2-3)cc1. The van der Waals surface area contributed by atoms with Crippen molar-refractivity contribution in [2.45, 2.75) is 10.8 Å². The Labute approximate surface area is 427 Å². The Morgan fingerprint density at radius 3 is 1.33 bits per heavy atom. The second-order valence-corrected chi connectivity index (χ2v) is 19.5. The van der Waals surface area contributed by atoms with Gasteiger partial charge in [-0.3, -0.25) is 0 Å². The van der Waals surface area contributed by atoms with E-state index < -0.39 is 10.8 Å². The minimum Gasteiger partial charge on any atom is -0.310 e. The molecule has 0 aliphatic heterocycles. The van der Waals surface area contributed by atoms with Crippen LogP contribution in [0.1, 0.15) is 44.5 Å². The van der Waals surface area contributed by atoms with E-state index in [0.29, 0.717) is 0 Å². The maximum atomic E-state index is 2.48. The summed E-state index contributed by atoms with van der Waals surface area (Å²) in [5, 5.41) is 2.54. The van der Waals surface area contributed by atoms with Gasteiger partial charge in [0.05, 0.1) is 10.8 Å². The van der Waals surface area contributed by atoms with Crippen LogP contribution >= 0.6 is 0 Å². The van der Waals surface area contributed by atoms with Crippen LogP contribution in [0, 0.1) is 0 Å². The van der Waals surface area contributed by atoms with Crippen LogP contribution < -0.4 is 4.90 Å². The molecular formula is C72H49N. The molecule has 0 spiro atoms. The van der Waals surface area contributed by atoms with Gasteiger partial charge < -0.3 is 4.90 Å². The third-order valence-electron chi connectivity index (χ3n) is 15.8. The Morgan fingerprint density at radius 1 is 0.233 bits per heavy atom. The maximum Gasteiger partial charge on any atom is 0.0714 e. The van der Waals surface area contributed by atoms with Gasteiger partial charge in [0.2, 0.25) is 0 Å². The lowest BCUT2D eigenvalue weighted by Crippen LogP contribution is -2.28. The third-order valence-corrected chi connectivity index (χ3v) is 15.8. The van der Waals surface area contributed by atoms with Crippen molar-refractivity contribution in [1.82, 2.24) is 0 Å². The monoisotopic (exact) mass is 927 g/mol. The van der Waals surface area contributed by atoms with E-state index in [1.54, 1.807) is 0 Å². The summed E-state index contributed by atoms with van der Waals surface area (Å²) in [7, 11) is 0. The summed E-state index contributed by atoms with van der Waals surface area (Å²) in [4.78, 5) is 2.40. The van der Waals surface area contributed by atoms with Gasteiger partial charge in [-0.05, 0) is 148 Å². The molecule has 0 atom stereocenters. The van der Waals surface area contributed by atoms with Crippen molar-refractivity contribution in [3.05, 3.63) is 342 Å². The predicted octanol–water partition coefficient (Wildman–Crippen LogP) is 18.4. The van der Waals surface area contributed by atoms with Gasteiger partial charge in [0.15, 0.2) is 0 Å². The number of fused-ring (bicyclic) bond motifs is 8. The molecule has 1 heteroatoms. The van der Waals surface area contributed by atoms with E-state index in [2.05, 4.69) is 302 Å². The van der Waals surface area contributed by atoms with E-state index in [1.165, 1.54) is 94.2 Å². The fourth-order valence-corrected chi connectivity index (χ4v) is 12.7. The summed E-state index contributed by atoms with van der Waals surface area (Å²) < 4.78 is 0. The van der Waals surface area contributed by atoms with Crippen LogP contribution in [0.5, 0.6) is 0 Å². The molecule has 0 unspecified atom stereocenters. The van der Waals surface area contributed by atoms with Gasteiger partial charge in [-0.2, -0.15) is 0 Å². The van der Waals surface area contributed by atoms with Crippen molar-refractivity contribution >= 4 is 27.8 Å². The molecule has 0 aromatic heterocycles. The first-order valence-corrected chi connectivity index (χ1v) is 25.4. The molecule has 2 aliphatic rings. The number of rotatable bonds is 9. The number of hydrogen-bond donors (Lipinski definition) is 0. The van der Waals surface area contributed by atoms with Gasteiger partial charge in [0.25, 0.3) is 0 Å².